The standard InChI is InChI=1S/C13H20N2O4S/c1-4-19-12-7-5-11(6-8-12)13(16)15(2)10-9-14-20(3,17)18/h5-8,14H,4,9-10H2,1-3H3. The van der Waals surface area contributed by atoms with Crippen molar-refractivity contribution in [1.82, 2.24) is 9.62 Å². The Labute approximate surface area is 119 Å². The minimum absolute atomic E-state index is 0.164. The number of nitrogens with one attached hydrogen (secondary N) is 1. The summed E-state index contributed by atoms with van der Waals surface area (Å²) in [5.41, 5.74) is 0.537. The Kier molecular flexibility index (Phi) is 5.97. The second-order valence-electron chi connectivity index (χ2n) is 4.35. The normalized spacial score (nSPS) is 11.2. The van der Waals surface area contributed by atoms with Gasteiger partial charge in [-0.3, -0.25) is 4.79 Å². The molecule has 1 aromatic carbocycles. The van der Waals surface area contributed by atoms with E-state index < -0.39 is 10.0 Å². The maximum absolute atomic E-state index is 12.1. The largest absolute Gasteiger partial charge is 0.494 e. The first kappa shape index (κ1) is 16.5. The Morgan fingerprint density at radius 3 is 2.40 bits per heavy atom. The lowest BCUT2D eigenvalue weighted by atomic mass is 10.2. The average Bonchev–Trinajstić information content (AvgIpc) is 2.37. The second-order valence-corrected chi connectivity index (χ2v) is 6.18. The molecule has 7 heteroatoms. The van der Waals surface area contributed by atoms with Crippen molar-refractivity contribution in [1.29, 1.82) is 0 Å². The lowest BCUT2D eigenvalue weighted by Crippen LogP contribution is -2.35. The van der Waals surface area contributed by atoms with Crippen LogP contribution in [0.5, 0.6) is 5.75 Å². The van der Waals surface area contributed by atoms with E-state index in [0.29, 0.717) is 24.5 Å². The van der Waals surface area contributed by atoms with Gasteiger partial charge in [0.1, 0.15) is 5.75 Å². The van der Waals surface area contributed by atoms with E-state index in [4.69, 9.17) is 4.74 Å². The first-order valence-corrected chi connectivity index (χ1v) is 8.15. The van der Waals surface area contributed by atoms with Gasteiger partial charge in [-0.25, -0.2) is 13.1 Å². The summed E-state index contributed by atoms with van der Waals surface area (Å²) in [6.45, 7) is 2.96. The van der Waals surface area contributed by atoms with E-state index in [1.54, 1.807) is 31.3 Å². The van der Waals surface area contributed by atoms with E-state index in [9.17, 15) is 13.2 Å². The van der Waals surface area contributed by atoms with Gasteiger partial charge in [-0.05, 0) is 31.2 Å². The summed E-state index contributed by atoms with van der Waals surface area (Å²) in [4.78, 5) is 13.5. The Bertz CT molecular complexity index is 540. The number of rotatable bonds is 7. The van der Waals surface area contributed by atoms with Crippen molar-refractivity contribution in [3.63, 3.8) is 0 Å². The first-order valence-electron chi connectivity index (χ1n) is 6.26. The van der Waals surface area contributed by atoms with Crippen molar-refractivity contribution in [2.45, 2.75) is 6.92 Å². The van der Waals surface area contributed by atoms with Gasteiger partial charge >= 0.3 is 0 Å². The lowest BCUT2D eigenvalue weighted by Gasteiger charge is -2.17. The van der Waals surface area contributed by atoms with Crippen molar-refractivity contribution in [2.75, 3.05) is 33.0 Å². The van der Waals surface area contributed by atoms with E-state index in [0.717, 1.165) is 6.26 Å². The zero-order chi connectivity index (χ0) is 15.2. The van der Waals surface area contributed by atoms with Crippen LogP contribution in [0, 0.1) is 0 Å². The highest BCUT2D eigenvalue weighted by Crippen LogP contribution is 2.13. The highest BCUT2D eigenvalue weighted by Gasteiger charge is 2.12. The van der Waals surface area contributed by atoms with Gasteiger partial charge in [-0.15, -0.1) is 0 Å². The van der Waals surface area contributed by atoms with Crippen molar-refractivity contribution < 1.29 is 17.9 Å². The number of likely N-dealkylation sites (N-methyl/N-ethyl adjacent to an activating group) is 1. The van der Waals surface area contributed by atoms with Crippen molar-refractivity contribution in [3.05, 3.63) is 29.8 Å². The molecular weight excluding hydrogens is 280 g/mol. The summed E-state index contributed by atoms with van der Waals surface area (Å²) in [6, 6.07) is 6.85. The van der Waals surface area contributed by atoms with Gasteiger partial charge in [0.25, 0.3) is 5.91 Å². The molecular formula is C13H20N2O4S. The van der Waals surface area contributed by atoms with E-state index in [1.165, 1.54) is 4.90 Å². The fourth-order valence-electron chi connectivity index (χ4n) is 1.58. The molecule has 1 aromatic rings. The molecule has 0 aliphatic carbocycles. The molecule has 20 heavy (non-hydrogen) atoms. The third kappa shape index (κ3) is 5.58. The van der Waals surface area contributed by atoms with Crippen LogP contribution < -0.4 is 9.46 Å². The first-order chi connectivity index (χ1) is 9.33. The number of carbonyl (C=O) groups excluding carboxylic acids is 1. The molecule has 112 valence electrons. The summed E-state index contributed by atoms with van der Waals surface area (Å²) in [5.74, 6) is 0.550. The molecule has 1 rings (SSSR count). The van der Waals surface area contributed by atoms with Crippen LogP contribution in [0.15, 0.2) is 24.3 Å². The van der Waals surface area contributed by atoms with Gasteiger partial charge in [0.15, 0.2) is 0 Å². The molecule has 0 aliphatic rings. The molecule has 0 spiro atoms. The molecule has 0 saturated heterocycles. The minimum Gasteiger partial charge on any atom is -0.494 e. The Balaban J connectivity index is 2.55. The minimum atomic E-state index is -3.23. The van der Waals surface area contributed by atoms with Gasteiger partial charge < -0.3 is 9.64 Å². The third-order valence-corrected chi connectivity index (χ3v) is 3.30. The maximum atomic E-state index is 12.1. The number of amides is 1. The quantitative estimate of drug-likeness (QED) is 0.804. The Morgan fingerprint density at radius 1 is 1.30 bits per heavy atom. The maximum Gasteiger partial charge on any atom is 0.253 e. The molecule has 0 radical (unpaired) electrons. The zero-order valence-corrected chi connectivity index (χ0v) is 12.7. The summed E-state index contributed by atoms with van der Waals surface area (Å²) < 4.78 is 29.5. The number of carbonyl (C=O) groups is 1. The molecule has 0 atom stereocenters. The lowest BCUT2D eigenvalue weighted by molar-refractivity contribution is 0.0797. The predicted octanol–water partition coefficient (Wildman–Crippen LogP) is 0.707. The number of benzene rings is 1. The number of hydrogen-bond donors (Lipinski definition) is 1. The molecule has 1 amide bonds. The van der Waals surface area contributed by atoms with Crippen LogP contribution in [0.4, 0.5) is 0 Å². The van der Waals surface area contributed by atoms with E-state index in [-0.39, 0.29) is 12.5 Å². The average molecular weight is 300 g/mol. The molecule has 0 unspecified atom stereocenters. The van der Waals surface area contributed by atoms with Crippen LogP contribution >= 0.6 is 0 Å². The predicted molar refractivity (Wildman–Crippen MR) is 77.4 cm³/mol. The fourth-order valence-corrected chi connectivity index (χ4v) is 2.04. The van der Waals surface area contributed by atoms with Crippen molar-refractivity contribution in [3.8, 4) is 5.75 Å². The van der Waals surface area contributed by atoms with Gasteiger partial charge in [0.2, 0.25) is 10.0 Å². The second kappa shape index (κ2) is 7.25. The smallest absolute Gasteiger partial charge is 0.253 e. The SMILES string of the molecule is CCOc1ccc(C(=O)N(C)CCNS(C)(=O)=O)cc1. The molecule has 0 saturated carbocycles. The highest BCUT2D eigenvalue weighted by atomic mass is 32.2. The van der Waals surface area contributed by atoms with E-state index >= 15 is 0 Å². The zero-order valence-electron chi connectivity index (χ0n) is 11.9. The molecule has 0 heterocycles. The number of nitrogens with zero attached hydrogens (tertiary/aromatic N) is 1. The molecule has 1 N–H and O–H groups in total. The Hall–Kier alpha value is -1.60. The Morgan fingerprint density at radius 2 is 1.90 bits per heavy atom. The molecule has 0 bridgehead atoms. The topological polar surface area (TPSA) is 75.7 Å². The van der Waals surface area contributed by atoms with E-state index in [1.807, 2.05) is 6.92 Å². The van der Waals surface area contributed by atoms with Gasteiger partial charge in [0.05, 0.1) is 12.9 Å². The summed E-state index contributed by atoms with van der Waals surface area (Å²) >= 11 is 0. The molecule has 0 fully saturated rings. The van der Waals surface area contributed by atoms with Crippen LogP contribution in [-0.4, -0.2) is 52.2 Å². The van der Waals surface area contributed by atoms with Crippen LogP contribution in [0.1, 0.15) is 17.3 Å². The van der Waals surface area contributed by atoms with Crippen molar-refractivity contribution in [2.24, 2.45) is 0 Å². The third-order valence-electron chi connectivity index (χ3n) is 2.57. The number of ether oxygens (including phenoxy) is 1. The highest BCUT2D eigenvalue weighted by molar-refractivity contribution is 7.88. The molecule has 0 aromatic heterocycles. The van der Waals surface area contributed by atoms with Crippen LogP contribution in [0.2, 0.25) is 0 Å². The molecule has 0 aliphatic heterocycles. The van der Waals surface area contributed by atoms with Crippen molar-refractivity contribution >= 4 is 15.9 Å². The summed E-state index contributed by atoms with van der Waals surface area (Å²) in [7, 11) is -1.60. The van der Waals surface area contributed by atoms with Gasteiger partial charge in [-0.2, -0.15) is 0 Å². The summed E-state index contributed by atoms with van der Waals surface area (Å²) in [6.07, 6.45) is 1.08. The van der Waals surface area contributed by atoms with Crippen LogP contribution in [0.25, 0.3) is 0 Å². The monoisotopic (exact) mass is 300 g/mol. The van der Waals surface area contributed by atoms with Gasteiger partial charge in [0, 0.05) is 25.7 Å². The summed E-state index contributed by atoms with van der Waals surface area (Å²) in [5, 5.41) is 0. The van der Waals surface area contributed by atoms with E-state index in [2.05, 4.69) is 4.72 Å². The number of sulfonamides is 1. The van der Waals surface area contributed by atoms with Crippen LogP contribution in [0.3, 0.4) is 0 Å². The van der Waals surface area contributed by atoms with Gasteiger partial charge in [-0.1, -0.05) is 0 Å². The van der Waals surface area contributed by atoms with Crippen LogP contribution in [-0.2, 0) is 10.0 Å². The fraction of sp³-hybridized carbons (Fsp3) is 0.462. The number of hydrogen-bond acceptors (Lipinski definition) is 4. The molecule has 6 nitrogen and oxygen atoms in total.